The first-order valence-corrected chi connectivity index (χ1v) is 6.30. The summed E-state index contributed by atoms with van der Waals surface area (Å²) in [5.74, 6) is 1.26. The lowest BCUT2D eigenvalue weighted by Gasteiger charge is -2.05. The van der Waals surface area contributed by atoms with Crippen LogP contribution in [0.4, 0.5) is 0 Å². The third-order valence-corrected chi connectivity index (χ3v) is 3.26. The van der Waals surface area contributed by atoms with Crippen LogP contribution in [0.1, 0.15) is 0 Å². The van der Waals surface area contributed by atoms with Gasteiger partial charge in [-0.25, -0.2) is 4.21 Å². The van der Waals surface area contributed by atoms with Crippen molar-refractivity contribution in [2.45, 2.75) is 4.90 Å². The fourth-order valence-corrected chi connectivity index (χ4v) is 2.06. The number of hydrogen-bond acceptors (Lipinski definition) is 4. The van der Waals surface area contributed by atoms with Gasteiger partial charge in [0.05, 0.1) is 12.0 Å². The van der Waals surface area contributed by atoms with Crippen LogP contribution in [0, 0.1) is 0 Å². The zero-order valence-electron chi connectivity index (χ0n) is 9.70. The Bertz CT molecular complexity index is 534. The quantitative estimate of drug-likeness (QED) is 0.921. The molecule has 0 spiro atoms. The molecule has 2 aromatic carbocycles. The number of phenolic OH excluding ortho intramolecular Hbond substituents is 1. The number of rotatable bonds is 4. The predicted octanol–water partition coefficient (Wildman–Crippen LogP) is 2.50. The number of hydrogen-bond donors (Lipinski definition) is 1. The largest absolute Gasteiger partial charge is 0.508 e. The van der Waals surface area contributed by atoms with E-state index in [0.29, 0.717) is 16.4 Å². The molecule has 0 fully saturated rings. The van der Waals surface area contributed by atoms with Crippen LogP contribution in [0.3, 0.4) is 0 Å². The number of ether oxygens (including phenoxy) is 1. The summed E-state index contributed by atoms with van der Waals surface area (Å²) < 4.78 is 22.1. The van der Waals surface area contributed by atoms with Crippen molar-refractivity contribution in [3.05, 3.63) is 48.5 Å². The van der Waals surface area contributed by atoms with Gasteiger partial charge in [-0.1, -0.05) is 0 Å². The first-order chi connectivity index (χ1) is 8.69. The maximum Gasteiger partial charge on any atom is 0.240 e. The summed E-state index contributed by atoms with van der Waals surface area (Å²) in [6.45, 7) is 0. The molecule has 0 amide bonds. The van der Waals surface area contributed by atoms with Crippen LogP contribution in [-0.2, 0) is 11.1 Å². The van der Waals surface area contributed by atoms with E-state index >= 15 is 0 Å². The third kappa shape index (κ3) is 3.01. The summed E-state index contributed by atoms with van der Waals surface area (Å²) in [5.41, 5.74) is 0. The van der Waals surface area contributed by atoms with Crippen LogP contribution in [0.25, 0.3) is 0 Å². The minimum atomic E-state index is -1.59. The van der Waals surface area contributed by atoms with E-state index < -0.39 is 11.1 Å². The van der Waals surface area contributed by atoms with Crippen LogP contribution in [-0.4, -0.2) is 16.4 Å². The van der Waals surface area contributed by atoms with E-state index in [1.807, 2.05) is 0 Å². The standard InChI is InChI=1S/C13H12O4S/c1-16-11-6-8-13(9-7-11)18(15)17-12-4-2-10(14)3-5-12/h2-9,14H,1H3. The molecule has 0 saturated carbocycles. The molecular weight excluding hydrogens is 252 g/mol. The van der Waals surface area contributed by atoms with Gasteiger partial charge >= 0.3 is 0 Å². The van der Waals surface area contributed by atoms with E-state index in [9.17, 15) is 4.21 Å². The summed E-state index contributed by atoms with van der Waals surface area (Å²) in [5, 5.41) is 9.12. The van der Waals surface area contributed by atoms with Gasteiger partial charge in [0.2, 0.25) is 11.1 Å². The molecule has 1 atom stereocenters. The van der Waals surface area contributed by atoms with Gasteiger partial charge in [-0.05, 0) is 48.5 Å². The van der Waals surface area contributed by atoms with Gasteiger partial charge < -0.3 is 14.0 Å². The van der Waals surface area contributed by atoms with Gasteiger partial charge in [0.15, 0.2) is 0 Å². The van der Waals surface area contributed by atoms with Gasteiger partial charge in [0.25, 0.3) is 0 Å². The Labute approximate surface area is 107 Å². The average molecular weight is 264 g/mol. The maximum absolute atomic E-state index is 11.9. The fourth-order valence-electron chi connectivity index (χ4n) is 1.32. The van der Waals surface area contributed by atoms with Crippen molar-refractivity contribution in [1.29, 1.82) is 0 Å². The van der Waals surface area contributed by atoms with E-state index in [0.717, 1.165) is 0 Å². The van der Waals surface area contributed by atoms with E-state index in [4.69, 9.17) is 14.0 Å². The zero-order chi connectivity index (χ0) is 13.0. The van der Waals surface area contributed by atoms with Crippen LogP contribution < -0.4 is 8.92 Å². The lowest BCUT2D eigenvalue weighted by molar-refractivity contribution is 0.414. The SMILES string of the molecule is COc1ccc(S(=O)Oc2ccc(O)cc2)cc1. The molecule has 2 rings (SSSR count). The van der Waals surface area contributed by atoms with Crippen molar-refractivity contribution in [2.75, 3.05) is 7.11 Å². The average Bonchev–Trinajstić information content (AvgIpc) is 2.41. The molecule has 94 valence electrons. The number of benzene rings is 2. The Morgan fingerprint density at radius 3 is 2.06 bits per heavy atom. The van der Waals surface area contributed by atoms with Crippen LogP contribution in [0.2, 0.25) is 0 Å². The summed E-state index contributed by atoms with van der Waals surface area (Å²) in [4.78, 5) is 0.545. The lowest BCUT2D eigenvalue weighted by atomic mass is 10.3. The smallest absolute Gasteiger partial charge is 0.240 e. The van der Waals surface area contributed by atoms with E-state index in [-0.39, 0.29) is 5.75 Å². The molecule has 0 aromatic heterocycles. The molecule has 18 heavy (non-hydrogen) atoms. The van der Waals surface area contributed by atoms with Crippen molar-refractivity contribution >= 4 is 11.1 Å². The van der Waals surface area contributed by atoms with Gasteiger partial charge in [0.1, 0.15) is 17.2 Å². The predicted molar refractivity (Wildman–Crippen MR) is 68.1 cm³/mol. The van der Waals surface area contributed by atoms with Crippen LogP contribution in [0.15, 0.2) is 53.4 Å². The van der Waals surface area contributed by atoms with Crippen molar-refractivity contribution < 1.29 is 18.2 Å². The highest BCUT2D eigenvalue weighted by atomic mass is 32.2. The van der Waals surface area contributed by atoms with E-state index in [2.05, 4.69) is 0 Å². The molecule has 2 aromatic rings. The van der Waals surface area contributed by atoms with Gasteiger partial charge in [0, 0.05) is 0 Å². The van der Waals surface area contributed by atoms with Crippen molar-refractivity contribution in [2.24, 2.45) is 0 Å². The summed E-state index contributed by atoms with van der Waals surface area (Å²) in [6, 6.07) is 12.8. The minimum absolute atomic E-state index is 0.137. The monoisotopic (exact) mass is 264 g/mol. The molecule has 0 heterocycles. The van der Waals surface area contributed by atoms with Gasteiger partial charge in [-0.2, -0.15) is 0 Å². The van der Waals surface area contributed by atoms with Crippen molar-refractivity contribution in [1.82, 2.24) is 0 Å². The Morgan fingerprint density at radius 1 is 0.944 bits per heavy atom. The number of aromatic hydroxyl groups is 1. The second-order valence-electron chi connectivity index (χ2n) is 3.49. The third-order valence-electron chi connectivity index (χ3n) is 2.26. The van der Waals surface area contributed by atoms with Crippen LogP contribution >= 0.6 is 0 Å². The Kier molecular flexibility index (Phi) is 3.84. The molecule has 0 saturated heterocycles. The first kappa shape index (κ1) is 12.4. The molecular formula is C13H12O4S. The highest BCUT2D eigenvalue weighted by Crippen LogP contribution is 2.20. The lowest BCUT2D eigenvalue weighted by Crippen LogP contribution is -2.00. The molecule has 1 N–H and O–H groups in total. The Hall–Kier alpha value is -2.01. The van der Waals surface area contributed by atoms with E-state index in [1.54, 1.807) is 43.5 Å². The van der Waals surface area contributed by atoms with Crippen molar-refractivity contribution in [3.63, 3.8) is 0 Å². The molecule has 4 nitrogen and oxygen atoms in total. The molecule has 1 unspecified atom stereocenters. The van der Waals surface area contributed by atoms with Gasteiger partial charge in [-0.15, -0.1) is 0 Å². The number of phenols is 1. The summed E-state index contributed by atoms with van der Waals surface area (Å²) >= 11 is -1.59. The molecule has 0 bridgehead atoms. The highest BCUT2D eigenvalue weighted by Gasteiger charge is 2.06. The molecule has 0 aliphatic rings. The second kappa shape index (κ2) is 5.55. The Balaban J connectivity index is 2.09. The zero-order valence-corrected chi connectivity index (χ0v) is 10.5. The highest BCUT2D eigenvalue weighted by molar-refractivity contribution is 7.80. The van der Waals surface area contributed by atoms with Crippen molar-refractivity contribution in [3.8, 4) is 17.2 Å². The first-order valence-electron chi connectivity index (χ1n) is 5.22. The minimum Gasteiger partial charge on any atom is -0.508 e. The normalized spacial score (nSPS) is 11.8. The van der Waals surface area contributed by atoms with Gasteiger partial charge in [-0.3, -0.25) is 0 Å². The summed E-state index contributed by atoms with van der Waals surface area (Å²) in [6.07, 6.45) is 0. The van der Waals surface area contributed by atoms with E-state index in [1.165, 1.54) is 12.1 Å². The second-order valence-corrected chi connectivity index (χ2v) is 4.59. The fraction of sp³-hybridized carbons (Fsp3) is 0.0769. The molecule has 5 heteroatoms. The van der Waals surface area contributed by atoms with Crippen LogP contribution in [0.5, 0.6) is 17.2 Å². The molecule has 0 radical (unpaired) electrons. The molecule has 0 aliphatic carbocycles. The Morgan fingerprint density at radius 2 is 1.50 bits per heavy atom. The maximum atomic E-state index is 11.9. The number of methoxy groups -OCH3 is 1. The summed E-state index contributed by atoms with van der Waals surface area (Å²) in [7, 11) is 1.57. The topological polar surface area (TPSA) is 55.8 Å². The molecule has 0 aliphatic heterocycles.